The molecule has 2 atom stereocenters. The predicted molar refractivity (Wildman–Crippen MR) is 118 cm³/mol. The summed E-state index contributed by atoms with van der Waals surface area (Å²) >= 11 is 0. The number of aryl methyl sites for hydroxylation is 1. The number of carbonyl (C=O) groups excluding carboxylic acids is 1. The first-order valence-electron chi connectivity index (χ1n) is 10.9. The highest BCUT2D eigenvalue weighted by Gasteiger charge is 2.34. The Bertz CT molecular complexity index is 847. The number of benzene rings is 2. The van der Waals surface area contributed by atoms with Crippen LogP contribution in [-0.2, 0) is 6.54 Å². The number of ether oxygens (including phenoxy) is 1. The van der Waals surface area contributed by atoms with Crippen molar-refractivity contribution in [1.82, 2.24) is 21.1 Å². The van der Waals surface area contributed by atoms with E-state index in [2.05, 4.69) is 47.4 Å². The van der Waals surface area contributed by atoms with Gasteiger partial charge in [0.05, 0.1) is 7.11 Å². The number of carbonyl (C=O) groups is 1. The average molecular weight is 409 g/mol. The number of likely N-dealkylation sites (tertiary alicyclic amines) is 1. The number of methoxy groups -OCH3 is 1. The topological polar surface area (TPSA) is 65.6 Å². The highest BCUT2D eigenvalue weighted by atomic mass is 16.5. The highest BCUT2D eigenvalue weighted by molar-refractivity contribution is 5.74. The van der Waals surface area contributed by atoms with Crippen LogP contribution < -0.4 is 20.9 Å². The molecule has 2 amide bonds. The smallest absolute Gasteiger partial charge is 0.317 e. The summed E-state index contributed by atoms with van der Waals surface area (Å²) in [5.41, 5.74) is 10.7. The minimum absolute atomic E-state index is 0.0272. The van der Waals surface area contributed by atoms with Gasteiger partial charge in [0.1, 0.15) is 5.75 Å². The third kappa shape index (κ3) is 4.94. The fourth-order valence-electron chi connectivity index (χ4n) is 4.53. The van der Waals surface area contributed by atoms with Crippen LogP contribution >= 0.6 is 0 Å². The number of hydrogen-bond acceptors (Lipinski definition) is 4. The van der Waals surface area contributed by atoms with E-state index in [-0.39, 0.29) is 6.03 Å². The molecule has 2 unspecified atom stereocenters. The van der Waals surface area contributed by atoms with E-state index in [4.69, 9.17) is 4.74 Å². The Kier molecular flexibility index (Phi) is 6.55. The van der Waals surface area contributed by atoms with Gasteiger partial charge in [-0.05, 0) is 55.4 Å². The van der Waals surface area contributed by atoms with E-state index >= 15 is 0 Å². The maximum absolute atomic E-state index is 12.6. The van der Waals surface area contributed by atoms with Crippen molar-refractivity contribution in [2.75, 3.05) is 20.2 Å². The molecule has 2 aromatic rings. The van der Waals surface area contributed by atoms with E-state index in [0.717, 1.165) is 43.7 Å². The molecule has 0 spiro atoms. The van der Waals surface area contributed by atoms with Crippen molar-refractivity contribution in [3.05, 3.63) is 65.2 Å². The Morgan fingerprint density at radius 1 is 1.13 bits per heavy atom. The summed E-state index contributed by atoms with van der Waals surface area (Å²) in [6.45, 7) is 4.30. The van der Waals surface area contributed by atoms with Crippen LogP contribution in [0.2, 0.25) is 0 Å². The molecule has 2 heterocycles. The van der Waals surface area contributed by atoms with Crippen LogP contribution in [0.4, 0.5) is 4.79 Å². The van der Waals surface area contributed by atoms with E-state index in [0.29, 0.717) is 24.5 Å². The molecule has 4 rings (SSSR count). The SMILES string of the molecule is COc1ccc(CNC(=O)N2CCC(C3CC(c4cccc(C)c4)NN3)CC2)cc1. The lowest BCUT2D eigenvalue weighted by Crippen LogP contribution is -2.47. The van der Waals surface area contributed by atoms with Crippen molar-refractivity contribution in [2.24, 2.45) is 5.92 Å². The summed E-state index contributed by atoms with van der Waals surface area (Å²) in [5, 5.41) is 3.04. The first-order chi connectivity index (χ1) is 14.6. The lowest BCUT2D eigenvalue weighted by Gasteiger charge is -2.34. The second kappa shape index (κ2) is 9.49. The van der Waals surface area contributed by atoms with Gasteiger partial charge in [0.15, 0.2) is 0 Å². The largest absolute Gasteiger partial charge is 0.497 e. The van der Waals surface area contributed by atoms with E-state index in [1.165, 1.54) is 11.1 Å². The van der Waals surface area contributed by atoms with Gasteiger partial charge >= 0.3 is 6.03 Å². The first-order valence-corrected chi connectivity index (χ1v) is 10.9. The number of amides is 2. The molecule has 3 N–H and O–H groups in total. The zero-order valence-electron chi connectivity index (χ0n) is 17.9. The molecule has 0 saturated carbocycles. The molecule has 0 radical (unpaired) electrons. The Morgan fingerprint density at radius 2 is 1.90 bits per heavy atom. The lowest BCUT2D eigenvalue weighted by molar-refractivity contribution is 0.158. The van der Waals surface area contributed by atoms with E-state index in [1.807, 2.05) is 29.2 Å². The summed E-state index contributed by atoms with van der Waals surface area (Å²) in [5.74, 6) is 1.42. The van der Waals surface area contributed by atoms with E-state index in [9.17, 15) is 4.79 Å². The van der Waals surface area contributed by atoms with Gasteiger partial charge in [-0.25, -0.2) is 4.79 Å². The molecule has 2 fully saturated rings. The second-order valence-electron chi connectivity index (χ2n) is 8.43. The molecule has 2 aliphatic rings. The zero-order chi connectivity index (χ0) is 20.9. The zero-order valence-corrected chi connectivity index (χ0v) is 17.9. The monoisotopic (exact) mass is 408 g/mol. The van der Waals surface area contributed by atoms with Gasteiger partial charge in [0.2, 0.25) is 0 Å². The molecule has 160 valence electrons. The van der Waals surface area contributed by atoms with Gasteiger partial charge in [-0.2, -0.15) is 0 Å². The quantitative estimate of drug-likeness (QED) is 0.708. The fraction of sp³-hybridized carbons (Fsp3) is 0.458. The summed E-state index contributed by atoms with van der Waals surface area (Å²) in [6.07, 6.45) is 3.17. The van der Waals surface area contributed by atoms with Crippen molar-refractivity contribution < 1.29 is 9.53 Å². The minimum Gasteiger partial charge on any atom is -0.497 e. The molecular weight excluding hydrogens is 376 g/mol. The Labute approximate surface area is 179 Å². The highest BCUT2D eigenvalue weighted by Crippen LogP contribution is 2.30. The van der Waals surface area contributed by atoms with Crippen LogP contribution in [0.1, 0.15) is 42.0 Å². The molecule has 0 aromatic heterocycles. The van der Waals surface area contributed by atoms with Gasteiger partial charge in [-0.1, -0.05) is 42.0 Å². The van der Waals surface area contributed by atoms with Crippen LogP contribution in [0.5, 0.6) is 5.75 Å². The normalized spacial score (nSPS) is 22.1. The van der Waals surface area contributed by atoms with Crippen LogP contribution in [0.15, 0.2) is 48.5 Å². The average Bonchev–Trinajstić information content (AvgIpc) is 3.28. The molecule has 2 aromatic carbocycles. The van der Waals surface area contributed by atoms with Crippen molar-refractivity contribution >= 4 is 6.03 Å². The van der Waals surface area contributed by atoms with Crippen LogP contribution in [-0.4, -0.2) is 37.2 Å². The number of urea groups is 1. The number of hydrogen-bond donors (Lipinski definition) is 3. The molecule has 0 aliphatic carbocycles. The predicted octanol–water partition coefficient (Wildman–Crippen LogP) is 3.53. The third-order valence-electron chi connectivity index (χ3n) is 6.38. The van der Waals surface area contributed by atoms with Crippen LogP contribution in [0.25, 0.3) is 0 Å². The summed E-state index contributed by atoms with van der Waals surface area (Å²) in [6, 6.07) is 17.4. The Balaban J connectivity index is 1.22. The van der Waals surface area contributed by atoms with Gasteiger partial charge in [-0.3, -0.25) is 10.9 Å². The van der Waals surface area contributed by atoms with Crippen LogP contribution in [0, 0.1) is 12.8 Å². The standard InChI is InChI=1S/C24H32N4O2/c1-17-4-3-5-20(14-17)23-15-22(26-27-23)19-10-12-28(13-11-19)24(29)25-16-18-6-8-21(30-2)9-7-18/h3-9,14,19,22-23,26-27H,10-13,15-16H2,1-2H3,(H,25,29). The maximum atomic E-state index is 12.6. The van der Waals surface area contributed by atoms with Gasteiger partial charge in [0.25, 0.3) is 0 Å². The molecule has 0 bridgehead atoms. The number of hydrazine groups is 1. The molecule has 2 saturated heterocycles. The number of rotatable bonds is 5. The lowest BCUT2D eigenvalue weighted by atomic mass is 9.86. The second-order valence-corrected chi connectivity index (χ2v) is 8.43. The van der Waals surface area contributed by atoms with Crippen molar-refractivity contribution in [1.29, 1.82) is 0 Å². The number of piperidine rings is 1. The van der Waals surface area contributed by atoms with Crippen LogP contribution in [0.3, 0.4) is 0 Å². The third-order valence-corrected chi connectivity index (χ3v) is 6.38. The van der Waals surface area contributed by atoms with E-state index < -0.39 is 0 Å². The summed E-state index contributed by atoms with van der Waals surface area (Å²) in [4.78, 5) is 14.5. The van der Waals surface area contributed by atoms with Gasteiger partial charge < -0.3 is 15.0 Å². The molecule has 30 heavy (non-hydrogen) atoms. The Morgan fingerprint density at radius 3 is 2.60 bits per heavy atom. The molecule has 6 nitrogen and oxygen atoms in total. The van der Waals surface area contributed by atoms with Gasteiger partial charge in [0, 0.05) is 31.7 Å². The fourth-order valence-corrected chi connectivity index (χ4v) is 4.53. The number of nitrogens with zero attached hydrogens (tertiary/aromatic N) is 1. The summed E-state index contributed by atoms with van der Waals surface area (Å²) in [7, 11) is 1.65. The van der Waals surface area contributed by atoms with Gasteiger partial charge in [-0.15, -0.1) is 0 Å². The Hall–Kier alpha value is -2.57. The molecule has 6 heteroatoms. The molecular formula is C24H32N4O2. The van der Waals surface area contributed by atoms with Crippen molar-refractivity contribution in [3.8, 4) is 5.75 Å². The maximum Gasteiger partial charge on any atom is 0.317 e. The first kappa shape index (κ1) is 20.7. The van der Waals surface area contributed by atoms with E-state index in [1.54, 1.807) is 7.11 Å². The summed E-state index contributed by atoms with van der Waals surface area (Å²) < 4.78 is 5.17. The number of nitrogens with one attached hydrogen (secondary N) is 3. The van der Waals surface area contributed by atoms with Crippen molar-refractivity contribution in [3.63, 3.8) is 0 Å². The minimum atomic E-state index is 0.0272. The van der Waals surface area contributed by atoms with Crippen molar-refractivity contribution in [2.45, 2.75) is 44.8 Å². The molecule has 2 aliphatic heterocycles.